The second-order valence-electron chi connectivity index (χ2n) is 5.49. The van der Waals surface area contributed by atoms with Crippen LogP contribution in [0, 0.1) is 10.1 Å². The summed E-state index contributed by atoms with van der Waals surface area (Å²) in [4.78, 5) is 10.9. The Morgan fingerprint density at radius 1 is 1.19 bits per heavy atom. The molecule has 0 aliphatic rings. The molecule has 1 heterocycles. The van der Waals surface area contributed by atoms with Crippen LogP contribution in [0.5, 0.6) is 0 Å². The molecule has 9 heteroatoms. The number of hydroxylamine groups is 1. The van der Waals surface area contributed by atoms with Crippen LogP contribution in [0.4, 0.5) is 5.69 Å². The maximum absolute atomic E-state index is 11.3. The van der Waals surface area contributed by atoms with Gasteiger partial charge in [-0.1, -0.05) is 24.3 Å². The Hall–Kier alpha value is -3.72. The molecule has 0 saturated heterocycles. The number of nitrogens with two attached hydrogens (primary N) is 1. The van der Waals surface area contributed by atoms with Crippen molar-refractivity contribution in [2.45, 2.75) is 6.92 Å². The first-order chi connectivity index (χ1) is 12.5. The van der Waals surface area contributed by atoms with Gasteiger partial charge in [-0.2, -0.15) is 5.10 Å². The summed E-state index contributed by atoms with van der Waals surface area (Å²) in [6, 6.07) is 14.1. The fourth-order valence-electron chi connectivity index (χ4n) is 2.61. The van der Waals surface area contributed by atoms with Gasteiger partial charge in [0.1, 0.15) is 5.52 Å². The van der Waals surface area contributed by atoms with E-state index in [1.54, 1.807) is 29.2 Å². The van der Waals surface area contributed by atoms with E-state index in [4.69, 9.17) is 10.9 Å². The highest BCUT2D eigenvalue weighted by Gasteiger charge is 2.16. The van der Waals surface area contributed by atoms with Crippen LogP contribution in [-0.4, -0.2) is 26.4 Å². The molecule has 4 N–H and O–H groups in total. The highest BCUT2D eigenvalue weighted by molar-refractivity contribution is 5.99. The molecule has 0 bridgehead atoms. The van der Waals surface area contributed by atoms with Crippen LogP contribution in [0.15, 0.2) is 64.9 Å². The summed E-state index contributed by atoms with van der Waals surface area (Å²) < 4.78 is 1.77. The van der Waals surface area contributed by atoms with Gasteiger partial charge in [-0.15, -0.1) is 5.10 Å². The number of para-hydroxylation sites is 1. The highest BCUT2D eigenvalue weighted by Crippen LogP contribution is 2.29. The Balaban J connectivity index is 2.00. The molecular weight excluding hydrogens is 336 g/mol. The Labute approximate surface area is 148 Å². The monoisotopic (exact) mass is 352 g/mol. The number of nitro groups is 1. The smallest absolute Gasteiger partial charge is 0.293 e. The molecule has 1 aromatic heterocycles. The number of benzene rings is 2. The van der Waals surface area contributed by atoms with Crippen molar-refractivity contribution in [1.29, 1.82) is 0 Å². The van der Waals surface area contributed by atoms with Crippen LogP contribution in [0.1, 0.15) is 12.5 Å². The van der Waals surface area contributed by atoms with E-state index in [1.165, 1.54) is 6.07 Å². The van der Waals surface area contributed by atoms with Crippen molar-refractivity contribution in [2.24, 2.45) is 15.9 Å². The number of guanidine groups is 1. The zero-order valence-corrected chi connectivity index (χ0v) is 13.8. The molecular formula is C17H16N6O3. The van der Waals surface area contributed by atoms with E-state index in [0.717, 1.165) is 16.6 Å². The number of aromatic nitrogens is 1. The summed E-state index contributed by atoms with van der Waals surface area (Å²) in [7, 11) is 0. The van der Waals surface area contributed by atoms with Crippen molar-refractivity contribution in [2.75, 3.05) is 0 Å². The quantitative estimate of drug-likeness (QED) is 0.287. The number of rotatable bonds is 4. The lowest BCUT2D eigenvalue weighted by atomic mass is 10.1. The average molecular weight is 352 g/mol. The molecule has 3 aromatic rings. The molecule has 9 nitrogen and oxygen atoms in total. The number of nitrogens with zero attached hydrogens (tertiary/aromatic N) is 4. The van der Waals surface area contributed by atoms with E-state index < -0.39 is 0 Å². The molecule has 0 saturated carbocycles. The normalized spacial score (nSPS) is 12.4. The average Bonchev–Trinajstić information content (AvgIpc) is 3.09. The largest absolute Gasteiger partial charge is 0.367 e. The van der Waals surface area contributed by atoms with Crippen molar-refractivity contribution in [1.82, 2.24) is 10.0 Å². The molecule has 3 rings (SSSR count). The lowest BCUT2D eigenvalue weighted by Gasteiger charge is -2.07. The summed E-state index contributed by atoms with van der Waals surface area (Å²) in [5.41, 5.74) is 9.77. The van der Waals surface area contributed by atoms with Gasteiger partial charge in [-0.05, 0) is 30.7 Å². The third kappa shape index (κ3) is 3.23. The number of hydrogen-bond donors (Lipinski definition) is 3. The van der Waals surface area contributed by atoms with E-state index in [1.807, 2.05) is 36.4 Å². The van der Waals surface area contributed by atoms with Crippen LogP contribution in [0.3, 0.4) is 0 Å². The van der Waals surface area contributed by atoms with Gasteiger partial charge in [-0.25, -0.2) is 5.48 Å². The lowest BCUT2D eigenvalue weighted by molar-refractivity contribution is -0.383. The van der Waals surface area contributed by atoms with Crippen molar-refractivity contribution >= 4 is 28.3 Å². The second-order valence-corrected chi connectivity index (χ2v) is 5.49. The predicted octanol–water partition coefficient (Wildman–Crippen LogP) is 2.56. The molecule has 0 radical (unpaired) electrons. The van der Waals surface area contributed by atoms with Crippen LogP contribution in [0.2, 0.25) is 0 Å². The molecule has 0 amide bonds. The first-order valence-electron chi connectivity index (χ1n) is 7.64. The standard InChI is InChI=1S/C17H16N6O3/c1-11(19-20-17(18)21-24)12-5-7-14(8-6-12)22-10-9-13-3-2-4-15(16(13)22)23(25)26/h2-10,24H,1H3,(H3,18,20,21)/b19-11+. The molecule has 2 aromatic carbocycles. The molecule has 26 heavy (non-hydrogen) atoms. The maximum Gasteiger partial charge on any atom is 0.293 e. The molecule has 0 spiro atoms. The first-order valence-corrected chi connectivity index (χ1v) is 7.64. The maximum atomic E-state index is 11.3. The number of hydrogen-bond acceptors (Lipinski definition) is 5. The van der Waals surface area contributed by atoms with Crippen LogP contribution < -0.4 is 11.2 Å². The van der Waals surface area contributed by atoms with E-state index in [0.29, 0.717) is 11.2 Å². The molecule has 0 atom stereocenters. The number of nitrogens with one attached hydrogen (secondary N) is 1. The lowest BCUT2D eigenvalue weighted by Crippen LogP contribution is -2.27. The summed E-state index contributed by atoms with van der Waals surface area (Å²) in [5.74, 6) is -0.216. The van der Waals surface area contributed by atoms with E-state index in [9.17, 15) is 10.1 Å². The Bertz CT molecular complexity index is 1020. The van der Waals surface area contributed by atoms with Gasteiger partial charge in [0.2, 0.25) is 5.96 Å². The van der Waals surface area contributed by atoms with Gasteiger partial charge < -0.3 is 10.3 Å². The van der Waals surface area contributed by atoms with Crippen LogP contribution in [0.25, 0.3) is 16.6 Å². The molecule has 0 aliphatic heterocycles. The Morgan fingerprint density at radius 3 is 2.58 bits per heavy atom. The fourth-order valence-corrected chi connectivity index (χ4v) is 2.61. The molecule has 132 valence electrons. The molecule has 0 aliphatic carbocycles. The van der Waals surface area contributed by atoms with Crippen molar-refractivity contribution in [3.05, 3.63) is 70.4 Å². The number of fused-ring (bicyclic) bond motifs is 1. The topological polar surface area (TPSA) is 131 Å². The minimum Gasteiger partial charge on any atom is -0.367 e. The van der Waals surface area contributed by atoms with Gasteiger partial charge in [0, 0.05) is 23.3 Å². The molecule has 0 fully saturated rings. The number of nitro benzene ring substituents is 1. The van der Waals surface area contributed by atoms with Crippen molar-refractivity contribution in [3.8, 4) is 5.69 Å². The van der Waals surface area contributed by atoms with Crippen LogP contribution >= 0.6 is 0 Å². The highest BCUT2D eigenvalue weighted by atomic mass is 16.6. The zero-order chi connectivity index (χ0) is 18.7. The minimum atomic E-state index is -0.387. The van der Waals surface area contributed by atoms with Gasteiger partial charge >= 0.3 is 0 Å². The van der Waals surface area contributed by atoms with E-state index in [2.05, 4.69) is 10.2 Å². The third-order valence-electron chi connectivity index (χ3n) is 3.87. The SMILES string of the molecule is C/C(=N\N=C(N)NO)c1ccc(-n2ccc3cccc([N+](=O)[O-])c32)cc1. The number of non-ortho nitro benzene ring substituents is 1. The van der Waals surface area contributed by atoms with Crippen LogP contribution in [-0.2, 0) is 0 Å². The summed E-state index contributed by atoms with van der Waals surface area (Å²) in [6.07, 6.45) is 1.80. The summed E-state index contributed by atoms with van der Waals surface area (Å²) in [6.45, 7) is 1.75. The Morgan fingerprint density at radius 2 is 1.92 bits per heavy atom. The first kappa shape index (κ1) is 17.1. The summed E-state index contributed by atoms with van der Waals surface area (Å²) >= 11 is 0. The van der Waals surface area contributed by atoms with Gasteiger partial charge in [0.05, 0.1) is 10.6 Å². The Kier molecular flexibility index (Phi) is 4.63. The minimum absolute atomic E-state index is 0.0515. The zero-order valence-electron chi connectivity index (χ0n) is 13.8. The van der Waals surface area contributed by atoms with E-state index >= 15 is 0 Å². The van der Waals surface area contributed by atoms with Gasteiger partial charge in [0.25, 0.3) is 5.69 Å². The molecule has 0 unspecified atom stereocenters. The predicted molar refractivity (Wildman–Crippen MR) is 98.7 cm³/mol. The van der Waals surface area contributed by atoms with Crippen molar-refractivity contribution < 1.29 is 10.1 Å². The van der Waals surface area contributed by atoms with Crippen molar-refractivity contribution in [3.63, 3.8) is 0 Å². The van der Waals surface area contributed by atoms with E-state index in [-0.39, 0.29) is 16.6 Å². The third-order valence-corrected chi connectivity index (χ3v) is 3.87. The summed E-state index contributed by atoms with van der Waals surface area (Å²) in [5, 5.41) is 28.2. The van der Waals surface area contributed by atoms with Gasteiger partial charge in [0.15, 0.2) is 0 Å². The second kappa shape index (κ2) is 7.03. The van der Waals surface area contributed by atoms with Gasteiger partial charge in [-0.3, -0.25) is 15.3 Å². The fraction of sp³-hybridized carbons (Fsp3) is 0.0588.